The summed E-state index contributed by atoms with van der Waals surface area (Å²) in [5.41, 5.74) is 0.934. The minimum absolute atomic E-state index is 0.000524. The Bertz CT molecular complexity index is 663. The second-order valence-corrected chi connectivity index (χ2v) is 9.06. The minimum Gasteiger partial charge on any atom is -0.314 e. The van der Waals surface area contributed by atoms with E-state index < -0.39 is 15.1 Å². The molecule has 1 unspecified atom stereocenters. The predicted molar refractivity (Wildman–Crippen MR) is 87.1 cm³/mol. The van der Waals surface area contributed by atoms with Crippen molar-refractivity contribution in [1.29, 1.82) is 0 Å². The molecule has 9 nitrogen and oxygen atoms in total. The zero-order valence-electron chi connectivity index (χ0n) is 12.4. The van der Waals surface area contributed by atoms with Crippen molar-refractivity contribution in [3.05, 3.63) is 21.7 Å². The molecule has 0 aromatic carbocycles. The van der Waals surface area contributed by atoms with Crippen molar-refractivity contribution in [2.45, 2.75) is 27.8 Å². The average molecular weight is 382 g/mol. The van der Waals surface area contributed by atoms with Crippen LogP contribution in [0, 0.1) is 10.1 Å². The first-order valence-corrected chi connectivity index (χ1v) is 10.0. The van der Waals surface area contributed by atoms with Crippen molar-refractivity contribution in [3.63, 3.8) is 0 Å². The molecular weight excluding hydrogens is 364 g/mol. The van der Waals surface area contributed by atoms with E-state index in [0.29, 0.717) is 19.5 Å². The van der Waals surface area contributed by atoms with E-state index in [1.54, 1.807) is 6.07 Å². The third-order valence-electron chi connectivity index (χ3n) is 3.16. The number of likely N-dealkylation sites (N-methyl/N-ethyl adjacent to an activating group) is 1. The third-order valence-corrected chi connectivity index (χ3v) is 6.99. The molecule has 23 heavy (non-hydrogen) atoms. The first-order chi connectivity index (χ1) is 10.8. The Morgan fingerprint density at radius 1 is 1.61 bits per heavy atom. The van der Waals surface area contributed by atoms with Crippen molar-refractivity contribution in [1.82, 2.24) is 9.62 Å². The lowest BCUT2D eigenvalue weighted by atomic mass is 10.1. The highest BCUT2D eigenvalue weighted by Crippen LogP contribution is 2.43. The molecule has 0 saturated carbocycles. The highest BCUT2D eigenvalue weighted by atomic mass is 32.3. The molecule has 0 aliphatic carbocycles. The van der Waals surface area contributed by atoms with E-state index in [4.69, 9.17) is 5.14 Å². The zero-order chi connectivity index (χ0) is 17.0. The molecule has 1 aliphatic rings. The van der Waals surface area contributed by atoms with Crippen LogP contribution in [0.25, 0.3) is 0 Å². The Balaban J connectivity index is 2.08. The van der Waals surface area contributed by atoms with Gasteiger partial charge in [0.1, 0.15) is 4.21 Å². The number of rotatable bonds is 8. The van der Waals surface area contributed by atoms with Crippen LogP contribution in [0.2, 0.25) is 0 Å². The molecule has 130 valence electrons. The summed E-state index contributed by atoms with van der Waals surface area (Å²) in [5.74, 6) is 0. The summed E-state index contributed by atoms with van der Waals surface area (Å²) in [6, 6.07) is 1.63. The Kier molecular flexibility index (Phi) is 6.22. The zero-order valence-corrected chi connectivity index (χ0v) is 14.9. The van der Waals surface area contributed by atoms with Crippen molar-refractivity contribution in [2.75, 3.05) is 26.2 Å². The summed E-state index contributed by atoms with van der Waals surface area (Å²) < 4.78 is 26.1. The molecule has 3 N–H and O–H groups in total. The molecule has 0 radical (unpaired) electrons. The average Bonchev–Trinajstić information content (AvgIpc) is 2.88. The van der Waals surface area contributed by atoms with Crippen LogP contribution < -0.4 is 10.5 Å². The largest absolute Gasteiger partial charge is 0.314 e. The van der Waals surface area contributed by atoms with Gasteiger partial charge >= 0.3 is 0 Å². The van der Waals surface area contributed by atoms with Gasteiger partial charge in [0.2, 0.25) is 10.0 Å². The number of sulfonamides is 1. The fraction of sp³-hybridized carbons (Fsp3) is 0.636. The van der Waals surface area contributed by atoms with Crippen molar-refractivity contribution in [2.24, 2.45) is 5.14 Å². The normalized spacial score (nSPS) is 18.6. The molecule has 0 bridgehead atoms. The molecule has 1 aromatic heterocycles. The Labute approximate surface area is 142 Å². The molecule has 2 heterocycles. The number of primary sulfonamides is 1. The lowest BCUT2D eigenvalue weighted by molar-refractivity contribution is -0.757. The molecule has 1 aromatic rings. The van der Waals surface area contributed by atoms with Crippen LogP contribution in [-0.4, -0.2) is 44.1 Å². The van der Waals surface area contributed by atoms with Crippen LogP contribution in [0.5, 0.6) is 0 Å². The molecule has 12 heteroatoms. The topological polar surface area (TPSA) is 128 Å². The van der Waals surface area contributed by atoms with Crippen molar-refractivity contribution >= 4 is 33.3 Å². The minimum atomic E-state index is -3.72. The Morgan fingerprint density at radius 2 is 2.35 bits per heavy atom. The molecule has 1 aliphatic heterocycles. The van der Waals surface area contributed by atoms with Gasteiger partial charge in [0, 0.05) is 19.1 Å². The fourth-order valence-electron chi connectivity index (χ4n) is 2.21. The summed E-state index contributed by atoms with van der Waals surface area (Å²) in [6.45, 7) is 4.03. The van der Waals surface area contributed by atoms with Crippen LogP contribution in [0.15, 0.2) is 14.5 Å². The monoisotopic (exact) mass is 382 g/mol. The lowest BCUT2D eigenvalue weighted by Crippen LogP contribution is -2.35. The number of hydrogen-bond donors (Lipinski definition) is 2. The van der Waals surface area contributed by atoms with E-state index in [0.717, 1.165) is 27.7 Å². The second-order valence-electron chi connectivity index (χ2n) is 4.85. The van der Waals surface area contributed by atoms with Crippen LogP contribution in [0.3, 0.4) is 0 Å². The van der Waals surface area contributed by atoms with Crippen LogP contribution in [-0.2, 0) is 14.9 Å². The molecule has 0 fully saturated rings. The van der Waals surface area contributed by atoms with Crippen LogP contribution in [0.1, 0.15) is 24.9 Å². The Morgan fingerprint density at radius 3 is 2.96 bits per heavy atom. The number of hydrogen-bond acceptors (Lipinski definition) is 9. The third kappa shape index (κ3) is 5.02. The van der Waals surface area contributed by atoms with Crippen molar-refractivity contribution in [3.8, 4) is 0 Å². The van der Waals surface area contributed by atoms with E-state index in [9.17, 15) is 18.5 Å². The van der Waals surface area contributed by atoms with Gasteiger partial charge in [-0.1, -0.05) is 6.92 Å². The van der Waals surface area contributed by atoms with Gasteiger partial charge in [-0.2, -0.15) is 0 Å². The maximum absolute atomic E-state index is 11.5. The highest BCUT2D eigenvalue weighted by molar-refractivity contribution is 7.99. The quantitative estimate of drug-likeness (QED) is 0.295. The van der Waals surface area contributed by atoms with E-state index >= 15 is 0 Å². The number of nitrogens with one attached hydrogen (secondary N) is 1. The molecule has 0 amide bonds. The summed E-state index contributed by atoms with van der Waals surface area (Å²) in [7, 11) is -3.72. The number of fused-ring (bicyclic) bond motifs is 1. The van der Waals surface area contributed by atoms with Gasteiger partial charge in [0.15, 0.2) is 0 Å². The first-order valence-electron chi connectivity index (χ1n) is 6.91. The van der Waals surface area contributed by atoms with Gasteiger partial charge < -0.3 is 10.2 Å². The predicted octanol–water partition coefficient (Wildman–Crippen LogP) is 0.967. The Hall–Kier alpha value is -0.920. The van der Waals surface area contributed by atoms with Gasteiger partial charge in [-0.15, -0.1) is 21.5 Å². The van der Waals surface area contributed by atoms with E-state index in [-0.39, 0.29) is 16.9 Å². The van der Waals surface area contributed by atoms with Crippen molar-refractivity contribution < 1.29 is 18.3 Å². The summed E-state index contributed by atoms with van der Waals surface area (Å²) in [6.07, 6.45) is 0.510. The summed E-state index contributed by atoms with van der Waals surface area (Å²) in [4.78, 5) is 14.4. The van der Waals surface area contributed by atoms with Gasteiger partial charge in [-0.3, -0.25) is 0 Å². The molecular formula is C11H18N4O5S3. The molecule has 2 rings (SSSR count). The second kappa shape index (κ2) is 7.77. The number of nitrogens with zero attached hydrogens (tertiary/aromatic N) is 2. The first kappa shape index (κ1) is 18.4. The highest BCUT2D eigenvalue weighted by Gasteiger charge is 2.29. The standard InChI is InChI=1S/C11H18N4O5S3/c1-2-13-9-7-14(4-3-5-20-15(16)17)22-11-8(9)6-10(21-11)23(12,18)19/h6,9,13H,2-5,7H2,1H3,(H2,12,18,19). The maximum Gasteiger partial charge on any atom is 0.294 e. The van der Waals surface area contributed by atoms with E-state index in [2.05, 4.69) is 10.2 Å². The van der Waals surface area contributed by atoms with Gasteiger partial charge in [0.05, 0.1) is 10.8 Å². The molecule has 0 saturated heterocycles. The van der Waals surface area contributed by atoms with E-state index in [1.807, 2.05) is 11.2 Å². The smallest absolute Gasteiger partial charge is 0.294 e. The van der Waals surface area contributed by atoms with Crippen LogP contribution >= 0.6 is 23.3 Å². The van der Waals surface area contributed by atoms with Gasteiger partial charge in [-0.05, 0) is 36.5 Å². The SMILES string of the molecule is CCNC1CN(CCCO[N+](=O)[O-])Sc2sc(S(N)(=O)=O)cc21. The van der Waals surface area contributed by atoms with E-state index in [1.165, 1.54) is 11.9 Å². The maximum atomic E-state index is 11.5. The number of thiophene rings is 1. The molecule has 1 atom stereocenters. The van der Waals surface area contributed by atoms with Gasteiger partial charge in [-0.25, -0.2) is 17.9 Å². The molecule has 0 spiro atoms. The fourth-order valence-corrected chi connectivity index (χ4v) is 5.79. The summed E-state index contributed by atoms with van der Waals surface area (Å²) >= 11 is 2.60. The number of nitrogens with two attached hydrogens (primary N) is 1. The lowest BCUT2D eigenvalue weighted by Gasteiger charge is -2.31. The van der Waals surface area contributed by atoms with Gasteiger partial charge in [0.25, 0.3) is 5.09 Å². The summed E-state index contributed by atoms with van der Waals surface area (Å²) in [5, 5.41) is 17.9. The van der Waals surface area contributed by atoms with Crippen LogP contribution in [0.4, 0.5) is 0 Å².